The maximum atomic E-state index is 8.84. The Morgan fingerprint density at radius 2 is 1.24 bits per heavy atom. The number of ether oxygens (including phenoxy) is 1. The average molecular weight is 428 g/mol. The van der Waals surface area contributed by atoms with Crippen LogP contribution in [0.15, 0.2) is 120 Å². The third kappa shape index (κ3) is 4.28. The number of hydrogen-bond acceptors (Lipinski definition) is 3. The van der Waals surface area contributed by atoms with Crippen molar-refractivity contribution in [1.82, 2.24) is 0 Å². The van der Waals surface area contributed by atoms with Crippen molar-refractivity contribution in [1.29, 1.82) is 5.26 Å². The van der Waals surface area contributed by atoms with E-state index in [2.05, 4.69) is 42.5 Å². The molecule has 33 heavy (non-hydrogen) atoms. The van der Waals surface area contributed by atoms with Crippen LogP contribution in [0, 0.1) is 11.3 Å². The summed E-state index contributed by atoms with van der Waals surface area (Å²) >= 11 is 0. The van der Waals surface area contributed by atoms with Gasteiger partial charge in [0.15, 0.2) is 6.61 Å². The lowest BCUT2D eigenvalue weighted by Crippen LogP contribution is -1.93. The molecule has 5 aromatic rings. The lowest BCUT2D eigenvalue weighted by molar-refractivity contribution is 0.368. The van der Waals surface area contributed by atoms with E-state index in [1.165, 1.54) is 0 Å². The first kappa shape index (κ1) is 20.4. The van der Waals surface area contributed by atoms with E-state index < -0.39 is 0 Å². The van der Waals surface area contributed by atoms with Crippen molar-refractivity contribution in [3.8, 4) is 56.7 Å². The smallest absolute Gasteiger partial charge is 0.174 e. The van der Waals surface area contributed by atoms with Gasteiger partial charge in [0.05, 0.1) is 0 Å². The highest BCUT2D eigenvalue weighted by atomic mass is 16.5. The highest BCUT2D eigenvalue weighted by Gasteiger charge is 2.18. The molecule has 1 heterocycles. The van der Waals surface area contributed by atoms with Crippen LogP contribution in [0.4, 0.5) is 0 Å². The topological polar surface area (TPSA) is 46.2 Å². The minimum absolute atomic E-state index is 0.0180. The quantitative estimate of drug-likeness (QED) is 0.277. The summed E-state index contributed by atoms with van der Waals surface area (Å²) in [4.78, 5) is 0. The Hall–Kier alpha value is -4.55. The second-order valence-corrected chi connectivity index (χ2v) is 7.61. The molecule has 0 atom stereocenters. The maximum absolute atomic E-state index is 8.84. The predicted molar refractivity (Wildman–Crippen MR) is 132 cm³/mol. The SMILES string of the molecule is N#CCOc1cccc(-c2ccccc2-c2cc(-c3ccccc3)c(-c3ccccc3)o2)c1. The van der Waals surface area contributed by atoms with Gasteiger partial charge in [-0.1, -0.05) is 97.1 Å². The molecule has 0 spiro atoms. The van der Waals surface area contributed by atoms with Crippen LogP contribution in [0.1, 0.15) is 0 Å². The third-order valence-corrected chi connectivity index (χ3v) is 5.49. The molecule has 0 aliphatic rings. The zero-order chi connectivity index (χ0) is 22.5. The molecule has 3 heteroatoms. The zero-order valence-corrected chi connectivity index (χ0v) is 17.9. The van der Waals surface area contributed by atoms with E-state index in [9.17, 15) is 0 Å². The monoisotopic (exact) mass is 427 g/mol. The van der Waals surface area contributed by atoms with Gasteiger partial charge in [-0.15, -0.1) is 0 Å². The first-order valence-corrected chi connectivity index (χ1v) is 10.8. The molecule has 0 amide bonds. The second kappa shape index (κ2) is 9.30. The normalized spacial score (nSPS) is 10.5. The summed E-state index contributed by atoms with van der Waals surface area (Å²) in [5, 5.41) is 8.84. The summed E-state index contributed by atoms with van der Waals surface area (Å²) in [5.41, 5.74) is 6.22. The molecule has 0 bridgehead atoms. The van der Waals surface area contributed by atoms with Crippen molar-refractivity contribution in [2.75, 3.05) is 6.61 Å². The van der Waals surface area contributed by atoms with Crippen LogP contribution >= 0.6 is 0 Å². The number of benzene rings is 4. The first-order valence-electron chi connectivity index (χ1n) is 10.8. The van der Waals surface area contributed by atoms with Gasteiger partial charge in [0, 0.05) is 16.7 Å². The number of nitriles is 1. The summed E-state index contributed by atoms with van der Waals surface area (Å²) in [5.74, 6) is 2.31. The Morgan fingerprint density at radius 3 is 1.97 bits per heavy atom. The number of hydrogen-bond donors (Lipinski definition) is 0. The van der Waals surface area contributed by atoms with Crippen LogP contribution in [-0.4, -0.2) is 6.61 Å². The van der Waals surface area contributed by atoms with E-state index in [1.54, 1.807) is 0 Å². The molecule has 3 nitrogen and oxygen atoms in total. The largest absolute Gasteiger partial charge is 0.479 e. The van der Waals surface area contributed by atoms with Crippen molar-refractivity contribution < 1.29 is 9.15 Å². The van der Waals surface area contributed by atoms with E-state index >= 15 is 0 Å². The Bertz CT molecular complexity index is 1360. The fraction of sp³-hybridized carbons (Fsp3) is 0.0333. The van der Waals surface area contributed by atoms with Crippen LogP contribution in [0.3, 0.4) is 0 Å². The summed E-state index contributed by atoms with van der Waals surface area (Å²) in [6.45, 7) is 0.0180. The molecule has 0 fully saturated rings. The van der Waals surface area contributed by atoms with Crippen molar-refractivity contribution in [3.63, 3.8) is 0 Å². The van der Waals surface area contributed by atoms with Gasteiger partial charge in [-0.3, -0.25) is 0 Å². The van der Waals surface area contributed by atoms with Crippen molar-refractivity contribution >= 4 is 0 Å². The van der Waals surface area contributed by atoms with Gasteiger partial charge in [-0.25, -0.2) is 0 Å². The summed E-state index contributed by atoms with van der Waals surface area (Å²) in [7, 11) is 0. The summed E-state index contributed by atoms with van der Waals surface area (Å²) in [6, 6.07) is 40.6. The van der Waals surface area contributed by atoms with Crippen LogP contribution in [0.2, 0.25) is 0 Å². The zero-order valence-electron chi connectivity index (χ0n) is 17.9. The molecule has 1 aromatic heterocycles. The van der Waals surface area contributed by atoms with E-state index in [-0.39, 0.29) is 6.61 Å². The van der Waals surface area contributed by atoms with Gasteiger partial charge < -0.3 is 9.15 Å². The molecule has 0 aliphatic heterocycles. The average Bonchev–Trinajstić information content (AvgIpc) is 3.34. The van der Waals surface area contributed by atoms with E-state index in [1.807, 2.05) is 78.9 Å². The summed E-state index contributed by atoms with van der Waals surface area (Å²) < 4.78 is 12.0. The molecule has 0 radical (unpaired) electrons. The Balaban J connectivity index is 1.65. The van der Waals surface area contributed by atoms with Crippen molar-refractivity contribution in [2.24, 2.45) is 0 Å². The molecule has 0 unspecified atom stereocenters. The number of nitrogens with zero attached hydrogens (tertiary/aromatic N) is 1. The lowest BCUT2D eigenvalue weighted by Gasteiger charge is -2.09. The van der Waals surface area contributed by atoms with Gasteiger partial charge in [0.25, 0.3) is 0 Å². The van der Waals surface area contributed by atoms with E-state index in [0.29, 0.717) is 5.75 Å². The fourth-order valence-corrected chi connectivity index (χ4v) is 3.98. The molecule has 158 valence electrons. The van der Waals surface area contributed by atoms with Gasteiger partial charge in [0.1, 0.15) is 23.3 Å². The van der Waals surface area contributed by atoms with E-state index in [0.717, 1.165) is 44.9 Å². The fourth-order valence-electron chi connectivity index (χ4n) is 3.98. The Labute approximate surface area is 193 Å². The molecule has 0 N–H and O–H groups in total. The van der Waals surface area contributed by atoms with Gasteiger partial charge in [-0.2, -0.15) is 5.26 Å². The molecular formula is C30H21NO2. The van der Waals surface area contributed by atoms with Gasteiger partial charge in [0.2, 0.25) is 0 Å². The standard InChI is InChI=1S/C30H21NO2/c31-18-19-32-25-15-9-14-24(20-25)26-16-7-8-17-27(26)29-21-28(22-10-3-1-4-11-22)30(33-29)23-12-5-2-6-13-23/h1-17,20-21H,19H2. The highest BCUT2D eigenvalue weighted by Crippen LogP contribution is 2.41. The first-order chi connectivity index (χ1) is 16.3. The molecular weight excluding hydrogens is 406 g/mol. The molecule has 5 rings (SSSR count). The van der Waals surface area contributed by atoms with E-state index in [4.69, 9.17) is 14.4 Å². The van der Waals surface area contributed by atoms with Crippen LogP contribution < -0.4 is 4.74 Å². The minimum Gasteiger partial charge on any atom is -0.479 e. The predicted octanol–water partition coefficient (Wildman–Crippen LogP) is 7.85. The molecule has 0 saturated carbocycles. The van der Waals surface area contributed by atoms with Gasteiger partial charge in [-0.05, 0) is 34.9 Å². The summed E-state index contributed by atoms with van der Waals surface area (Å²) in [6.07, 6.45) is 0. The molecule has 0 aliphatic carbocycles. The molecule has 4 aromatic carbocycles. The Morgan fingerprint density at radius 1 is 0.606 bits per heavy atom. The van der Waals surface area contributed by atoms with Crippen molar-refractivity contribution in [2.45, 2.75) is 0 Å². The molecule has 0 saturated heterocycles. The second-order valence-electron chi connectivity index (χ2n) is 7.61. The van der Waals surface area contributed by atoms with Crippen LogP contribution in [0.5, 0.6) is 5.75 Å². The van der Waals surface area contributed by atoms with Gasteiger partial charge >= 0.3 is 0 Å². The van der Waals surface area contributed by atoms with Crippen LogP contribution in [0.25, 0.3) is 44.9 Å². The Kier molecular flexibility index (Phi) is 5.74. The third-order valence-electron chi connectivity index (χ3n) is 5.49. The maximum Gasteiger partial charge on any atom is 0.174 e. The number of furan rings is 1. The van der Waals surface area contributed by atoms with Crippen LogP contribution in [-0.2, 0) is 0 Å². The highest BCUT2D eigenvalue weighted by molar-refractivity contribution is 5.88. The van der Waals surface area contributed by atoms with Crippen molar-refractivity contribution in [3.05, 3.63) is 115 Å². The lowest BCUT2D eigenvalue weighted by atomic mass is 9.97. The number of rotatable bonds is 6. The minimum atomic E-state index is 0.0180.